The summed E-state index contributed by atoms with van der Waals surface area (Å²) in [6.07, 6.45) is 0.0823. The fraction of sp³-hybridized carbons (Fsp3) is 0.381. The van der Waals surface area contributed by atoms with Gasteiger partial charge in [0.1, 0.15) is 11.5 Å². The van der Waals surface area contributed by atoms with Crippen molar-refractivity contribution in [3.05, 3.63) is 48.0 Å². The van der Waals surface area contributed by atoms with E-state index in [1.165, 1.54) is 0 Å². The van der Waals surface area contributed by atoms with Crippen molar-refractivity contribution in [3.8, 4) is 23.0 Å². The van der Waals surface area contributed by atoms with Crippen LogP contribution in [-0.4, -0.2) is 33.3 Å². The zero-order valence-corrected chi connectivity index (χ0v) is 16.4. The van der Waals surface area contributed by atoms with E-state index in [4.69, 9.17) is 18.9 Å². The zero-order valence-electron chi connectivity index (χ0n) is 16.4. The SMILES string of the molecule is CC[C@@H](NC(=O)[C@@H](C)Oc1cccc(OC)c1)c1ccc(OC)c(OC)c1. The molecule has 2 atom stereocenters. The highest BCUT2D eigenvalue weighted by Crippen LogP contribution is 2.31. The Morgan fingerprint density at radius 3 is 2.30 bits per heavy atom. The first-order chi connectivity index (χ1) is 13.0. The summed E-state index contributed by atoms with van der Waals surface area (Å²) in [5, 5.41) is 3.03. The summed E-state index contributed by atoms with van der Waals surface area (Å²) in [4.78, 5) is 12.6. The van der Waals surface area contributed by atoms with Crippen molar-refractivity contribution in [2.24, 2.45) is 0 Å². The molecule has 0 aliphatic carbocycles. The van der Waals surface area contributed by atoms with Gasteiger partial charge in [-0.2, -0.15) is 0 Å². The van der Waals surface area contributed by atoms with Gasteiger partial charge in [-0.3, -0.25) is 4.79 Å². The lowest BCUT2D eigenvalue weighted by Crippen LogP contribution is -2.38. The Morgan fingerprint density at radius 2 is 1.67 bits per heavy atom. The molecule has 0 saturated heterocycles. The van der Waals surface area contributed by atoms with Gasteiger partial charge in [-0.15, -0.1) is 0 Å². The van der Waals surface area contributed by atoms with E-state index in [9.17, 15) is 4.79 Å². The molecule has 0 spiro atoms. The maximum atomic E-state index is 12.6. The van der Waals surface area contributed by atoms with Crippen LogP contribution in [0.4, 0.5) is 0 Å². The molecule has 0 saturated carbocycles. The molecule has 1 amide bonds. The Hall–Kier alpha value is -2.89. The second-order valence-corrected chi connectivity index (χ2v) is 6.02. The predicted molar refractivity (Wildman–Crippen MR) is 104 cm³/mol. The first kappa shape index (κ1) is 20.4. The maximum Gasteiger partial charge on any atom is 0.261 e. The monoisotopic (exact) mass is 373 g/mol. The van der Waals surface area contributed by atoms with Crippen molar-refractivity contribution < 1.29 is 23.7 Å². The van der Waals surface area contributed by atoms with Crippen LogP contribution in [0.1, 0.15) is 31.9 Å². The highest BCUT2D eigenvalue weighted by Gasteiger charge is 2.20. The predicted octanol–water partition coefficient (Wildman–Crippen LogP) is 3.75. The molecular weight excluding hydrogens is 346 g/mol. The molecule has 0 bridgehead atoms. The number of nitrogens with one attached hydrogen (secondary N) is 1. The fourth-order valence-electron chi connectivity index (χ4n) is 2.71. The van der Waals surface area contributed by atoms with Crippen LogP contribution in [0.2, 0.25) is 0 Å². The Bertz CT molecular complexity index is 762. The summed E-state index contributed by atoms with van der Waals surface area (Å²) in [5.41, 5.74) is 0.942. The van der Waals surface area contributed by atoms with Crippen molar-refractivity contribution in [1.29, 1.82) is 0 Å². The van der Waals surface area contributed by atoms with Crippen LogP contribution < -0.4 is 24.3 Å². The smallest absolute Gasteiger partial charge is 0.261 e. The number of methoxy groups -OCH3 is 3. The number of ether oxygens (including phenoxy) is 4. The third-order valence-electron chi connectivity index (χ3n) is 4.26. The van der Waals surface area contributed by atoms with Crippen LogP contribution in [0, 0.1) is 0 Å². The minimum atomic E-state index is -0.647. The molecule has 2 aromatic carbocycles. The van der Waals surface area contributed by atoms with E-state index >= 15 is 0 Å². The van der Waals surface area contributed by atoms with E-state index in [-0.39, 0.29) is 11.9 Å². The van der Waals surface area contributed by atoms with Crippen molar-refractivity contribution in [3.63, 3.8) is 0 Å². The fourth-order valence-corrected chi connectivity index (χ4v) is 2.71. The van der Waals surface area contributed by atoms with Gasteiger partial charge in [-0.25, -0.2) is 0 Å². The molecule has 146 valence electrons. The molecule has 27 heavy (non-hydrogen) atoms. The Labute approximate surface area is 160 Å². The van der Waals surface area contributed by atoms with E-state index in [1.807, 2.05) is 37.3 Å². The molecule has 0 unspecified atom stereocenters. The average Bonchev–Trinajstić information content (AvgIpc) is 2.71. The molecule has 6 nitrogen and oxygen atoms in total. The van der Waals surface area contributed by atoms with Crippen LogP contribution in [-0.2, 0) is 4.79 Å². The summed E-state index contributed by atoms with van der Waals surface area (Å²) in [7, 11) is 4.77. The largest absolute Gasteiger partial charge is 0.497 e. The minimum absolute atomic E-state index is 0.159. The summed E-state index contributed by atoms with van der Waals surface area (Å²) in [6.45, 7) is 3.73. The third-order valence-corrected chi connectivity index (χ3v) is 4.26. The van der Waals surface area contributed by atoms with Gasteiger partial charge >= 0.3 is 0 Å². The summed E-state index contributed by atoms with van der Waals surface area (Å²) in [5.74, 6) is 2.34. The normalized spacial score (nSPS) is 12.6. The van der Waals surface area contributed by atoms with Crippen LogP contribution >= 0.6 is 0 Å². The molecule has 0 heterocycles. The summed E-state index contributed by atoms with van der Waals surface area (Å²) >= 11 is 0. The van der Waals surface area contributed by atoms with Crippen LogP contribution in [0.5, 0.6) is 23.0 Å². The molecular formula is C21H27NO5. The van der Waals surface area contributed by atoms with E-state index < -0.39 is 6.10 Å². The van der Waals surface area contributed by atoms with Crippen LogP contribution in [0.3, 0.4) is 0 Å². The molecule has 0 radical (unpaired) electrons. The molecule has 6 heteroatoms. The lowest BCUT2D eigenvalue weighted by Gasteiger charge is -2.22. The van der Waals surface area contributed by atoms with Gasteiger partial charge < -0.3 is 24.3 Å². The highest BCUT2D eigenvalue weighted by atomic mass is 16.5. The average molecular weight is 373 g/mol. The van der Waals surface area contributed by atoms with Gasteiger partial charge in [-0.05, 0) is 43.2 Å². The number of hydrogen-bond donors (Lipinski definition) is 1. The Balaban J connectivity index is 2.07. The molecule has 2 aromatic rings. The van der Waals surface area contributed by atoms with Gasteiger partial charge in [0.2, 0.25) is 0 Å². The second-order valence-electron chi connectivity index (χ2n) is 6.02. The number of amides is 1. The second kappa shape index (κ2) is 9.71. The first-order valence-electron chi connectivity index (χ1n) is 8.85. The molecule has 2 rings (SSSR count). The topological polar surface area (TPSA) is 66.0 Å². The van der Waals surface area contributed by atoms with Gasteiger partial charge in [0.05, 0.1) is 27.4 Å². The van der Waals surface area contributed by atoms with E-state index in [0.29, 0.717) is 23.0 Å². The standard InChI is InChI=1S/C21H27NO5/c1-6-18(15-10-11-19(25-4)20(12-15)26-5)22-21(23)14(2)27-17-9-7-8-16(13-17)24-3/h7-14,18H,6H2,1-5H3,(H,22,23)/t14-,18-/m1/s1. The summed E-state index contributed by atoms with van der Waals surface area (Å²) in [6, 6.07) is 12.6. The van der Waals surface area contributed by atoms with Gasteiger partial charge in [0.25, 0.3) is 5.91 Å². The van der Waals surface area contributed by atoms with Crippen LogP contribution in [0.15, 0.2) is 42.5 Å². The maximum absolute atomic E-state index is 12.6. The first-order valence-corrected chi connectivity index (χ1v) is 8.85. The minimum Gasteiger partial charge on any atom is -0.497 e. The Kier molecular flexibility index (Phi) is 7.34. The van der Waals surface area contributed by atoms with Gasteiger partial charge in [0, 0.05) is 6.07 Å². The molecule has 0 aliphatic rings. The summed E-state index contributed by atoms with van der Waals surface area (Å²) < 4.78 is 21.5. The van der Waals surface area contributed by atoms with E-state index in [1.54, 1.807) is 40.4 Å². The molecule has 0 aromatic heterocycles. The Morgan fingerprint density at radius 1 is 0.963 bits per heavy atom. The number of benzene rings is 2. The van der Waals surface area contributed by atoms with Crippen LogP contribution in [0.25, 0.3) is 0 Å². The quantitative estimate of drug-likeness (QED) is 0.725. The van der Waals surface area contributed by atoms with E-state index in [2.05, 4.69) is 5.32 Å². The van der Waals surface area contributed by atoms with Crippen molar-refractivity contribution >= 4 is 5.91 Å². The number of rotatable bonds is 9. The van der Waals surface area contributed by atoms with Crippen molar-refractivity contribution in [2.75, 3.05) is 21.3 Å². The lowest BCUT2D eigenvalue weighted by molar-refractivity contribution is -0.128. The van der Waals surface area contributed by atoms with E-state index in [0.717, 1.165) is 12.0 Å². The molecule has 0 aliphatic heterocycles. The zero-order chi connectivity index (χ0) is 19.8. The number of hydrogen-bond acceptors (Lipinski definition) is 5. The molecule has 0 fully saturated rings. The number of carbonyl (C=O) groups excluding carboxylic acids is 1. The highest BCUT2D eigenvalue weighted by molar-refractivity contribution is 5.81. The third kappa shape index (κ3) is 5.29. The van der Waals surface area contributed by atoms with Gasteiger partial charge in [-0.1, -0.05) is 19.1 Å². The number of carbonyl (C=O) groups is 1. The lowest BCUT2D eigenvalue weighted by atomic mass is 10.0. The molecule has 1 N–H and O–H groups in total. The van der Waals surface area contributed by atoms with Crippen molar-refractivity contribution in [1.82, 2.24) is 5.32 Å². The van der Waals surface area contributed by atoms with Crippen molar-refractivity contribution in [2.45, 2.75) is 32.4 Å². The van der Waals surface area contributed by atoms with Gasteiger partial charge in [0.15, 0.2) is 17.6 Å².